The van der Waals surface area contributed by atoms with E-state index < -0.39 is 0 Å². The third-order valence-corrected chi connectivity index (χ3v) is 2.99. The lowest BCUT2D eigenvalue weighted by Gasteiger charge is -2.15. The van der Waals surface area contributed by atoms with Crippen molar-refractivity contribution in [2.24, 2.45) is 0 Å². The minimum Gasteiger partial charge on any atom is -0.475 e. The number of rotatable bonds is 5. The van der Waals surface area contributed by atoms with E-state index in [1.165, 1.54) is 19.2 Å². The second-order valence-corrected chi connectivity index (χ2v) is 4.32. The fourth-order valence-electron chi connectivity index (χ4n) is 1.45. The number of likely N-dealkylation sites (N-methyl/N-ethyl adjacent to an activating group) is 1. The van der Waals surface area contributed by atoms with Gasteiger partial charge in [-0.1, -0.05) is 11.6 Å². The normalized spacial score (nSPS) is 15.4. The van der Waals surface area contributed by atoms with Crippen molar-refractivity contribution in [1.82, 2.24) is 14.9 Å². The molecule has 0 saturated heterocycles. The number of halogens is 1. The van der Waals surface area contributed by atoms with Crippen molar-refractivity contribution in [2.45, 2.75) is 18.9 Å². The predicted molar refractivity (Wildman–Crippen MR) is 62.6 cm³/mol. The molecule has 0 unspecified atom stereocenters. The van der Waals surface area contributed by atoms with E-state index in [1.807, 2.05) is 0 Å². The Kier molecular flexibility index (Phi) is 3.46. The summed E-state index contributed by atoms with van der Waals surface area (Å²) in [4.78, 5) is 9.97. The summed E-state index contributed by atoms with van der Waals surface area (Å²) in [6, 6.07) is 0.731. The molecule has 88 valence electrons. The van der Waals surface area contributed by atoms with Gasteiger partial charge in [-0.2, -0.15) is 0 Å². The minimum atomic E-state index is 0.252. The first-order valence-electron chi connectivity index (χ1n) is 5.27. The number of nitrogen functional groups attached to an aromatic ring is 1. The van der Waals surface area contributed by atoms with Gasteiger partial charge in [0.15, 0.2) is 0 Å². The van der Waals surface area contributed by atoms with Crippen molar-refractivity contribution in [3.63, 3.8) is 0 Å². The Hall–Kier alpha value is -1.07. The van der Waals surface area contributed by atoms with Crippen molar-refractivity contribution < 1.29 is 4.74 Å². The van der Waals surface area contributed by atoms with Crippen molar-refractivity contribution in [1.29, 1.82) is 0 Å². The highest BCUT2D eigenvalue weighted by atomic mass is 35.5. The van der Waals surface area contributed by atoms with Gasteiger partial charge in [-0.15, -0.1) is 0 Å². The Bertz CT molecular complexity index is 370. The Morgan fingerprint density at radius 1 is 1.56 bits per heavy atom. The van der Waals surface area contributed by atoms with Gasteiger partial charge < -0.3 is 15.4 Å². The molecule has 0 aliphatic heterocycles. The Balaban J connectivity index is 1.82. The molecule has 0 spiro atoms. The van der Waals surface area contributed by atoms with Crippen LogP contribution in [0.5, 0.6) is 5.88 Å². The van der Waals surface area contributed by atoms with Crippen LogP contribution in [0.25, 0.3) is 0 Å². The lowest BCUT2D eigenvalue weighted by molar-refractivity contribution is 0.226. The highest BCUT2D eigenvalue weighted by Crippen LogP contribution is 2.26. The van der Waals surface area contributed by atoms with Crippen LogP contribution in [0.3, 0.4) is 0 Å². The standard InChI is InChI=1S/C10H15ClN4O/c1-15(7-2-3-7)4-5-16-10-8(11)9(12)13-6-14-10/h6-7H,2-5H2,1H3,(H2,12,13,14). The van der Waals surface area contributed by atoms with Crippen LogP contribution in [-0.4, -0.2) is 41.1 Å². The van der Waals surface area contributed by atoms with Gasteiger partial charge in [-0.05, 0) is 19.9 Å². The summed E-state index contributed by atoms with van der Waals surface area (Å²) in [5.41, 5.74) is 5.54. The zero-order valence-electron chi connectivity index (χ0n) is 9.19. The molecule has 1 saturated carbocycles. The van der Waals surface area contributed by atoms with E-state index in [0.29, 0.717) is 12.5 Å². The maximum absolute atomic E-state index is 5.89. The van der Waals surface area contributed by atoms with Crippen molar-refractivity contribution in [2.75, 3.05) is 25.9 Å². The van der Waals surface area contributed by atoms with Gasteiger partial charge in [0.05, 0.1) is 0 Å². The SMILES string of the molecule is CN(CCOc1ncnc(N)c1Cl)C1CC1. The fraction of sp³-hybridized carbons (Fsp3) is 0.600. The van der Waals surface area contributed by atoms with Crippen molar-refractivity contribution >= 4 is 17.4 Å². The monoisotopic (exact) mass is 242 g/mol. The molecule has 0 radical (unpaired) electrons. The summed E-state index contributed by atoms with van der Waals surface area (Å²) >= 11 is 5.89. The molecular weight excluding hydrogens is 228 g/mol. The molecule has 2 N–H and O–H groups in total. The quantitative estimate of drug-likeness (QED) is 0.840. The maximum Gasteiger partial charge on any atom is 0.237 e. The van der Waals surface area contributed by atoms with Crippen LogP contribution in [0.15, 0.2) is 6.33 Å². The van der Waals surface area contributed by atoms with Gasteiger partial charge >= 0.3 is 0 Å². The maximum atomic E-state index is 5.89. The number of anilines is 1. The van der Waals surface area contributed by atoms with Gasteiger partial charge in [0.25, 0.3) is 0 Å². The summed E-state index contributed by atoms with van der Waals surface area (Å²) in [5.74, 6) is 0.612. The second-order valence-electron chi connectivity index (χ2n) is 3.94. The highest BCUT2D eigenvalue weighted by molar-refractivity contribution is 6.33. The lowest BCUT2D eigenvalue weighted by atomic mass is 10.5. The van der Waals surface area contributed by atoms with Crippen LogP contribution in [0, 0.1) is 0 Å². The van der Waals surface area contributed by atoms with Crippen molar-refractivity contribution in [3.05, 3.63) is 11.3 Å². The van der Waals surface area contributed by atoms with E-state index in [-0.39, 0.29) is 10.8 Å². The number of nitrogens with two attached hydrogens (primary N) is 1. The summed E-state index contributed by atoms with van der Waals surface area (Å²) in [6.45, 7) is 1.42. The molecule has 16 heavy (non-hydrogen) atoms. The third-order valence-electron chi connectivity index (χ3n) is 2.64. The summed E-state index contributed by atoms with van der Waals surface area (Å²) in [7, 11) is 2.09. The van der Waals surface area contributed by atoms with Crippen LogP contribution < -0.4 is 10.5 Å². The first-order chi connectivity index (χ1) is 7.68. The topological polar surface area (TPSA) is 64.3 Å². The molecule has 1 aromatic rings. The average Bonchev–Trinajstić information content (AvgIpc) is 3.07. The molecule has 0 aromatic carbocycles. The Labute approximate surface area is 99.6 Å². The van der Waals surface area contributed by atoms with Crippen LogP contribution in [0.4, 0.5) is 5.82 Å². The molecular formula is C10H15ClN4O. The second kappa shape index (κ2) is 4.84. The summed E-state index contributed by atoms with van der Waals surface area (Å²) < 4.78 is 5.46. The third kappa shape index (κ3) is 2.74. The molecule has 1 fully saturated rings. The molecule has 0 bridgehead atoms. The number of nitrogens with zero attached hydrogens (tertiary/aromatic N) is 3. The van der Waals surface area contributed by atoms with Crippen LogP contribution in [-0.2, 0) is 0 Å². The molecule has 2 rings (SSSR count). The number of aromatic nitrogens is 2. The average molecular weight is 243 g/mol. The molecule has 6 heteroatoms. The van der Waals surface area contributed by atoms with Gasteiger partial charge in [0.1, 0.15) is 23.8 Å². The van der Waals surface area contributed by atoms with Crippen LogP contribution >= 0.6 is 11.6 Å². The molecule has 1 heterocycles. The molecule has 1 aromatic heterocycles. The summed E-state index contributed by atoms with van der Waals surface area (Å²) in [6.07, 6.45) is 3.93. The highest BCUT2D eigenvalue weighted by Gasteiger charge is 2.25. The van der Waals surface area contributed by atoms with Gasteiger partial charge in [-0.25, -0.2) is 9.97 Å². The van der Waals surface area contributed by atoms with Gasteiger partial charge in [-0.3, -0.25) is 0 Å². The van der Waals surface area contributed by atoms with Gasteiger partial charge in [0, 0.05) is 12.6 Å². The summed E-state index contributed by atoms with van der Waals surface area (Å²) in [5, 5.41) is 0.288. The molecule has 0 atom stereocenters. The van der Waals surface area contributed by atoms with Gasteiger partial charge in [0.2, 0.25) is 5.88 Å². The van der Waals surface area contributed by atoms with Crippen molar-refractivity contribution in [3.8, 4) is 5.88 Å². The Morgan fingerprint density at radius 3 is 3.00 bits per heavy atom. The first-order valence-corrected chi connectivity index (χ1v) is 5.65. The zero-order chi connectivity index (χ0) is 11.5. The first kappa shape index (κ1) is 11.4. The van der Waals surface area contributed by atoms with E-state index in [2.05, 4.69) is 21.9 Å². The molecule has 1 aliphatic carbocycles. The molecule has 0 amide bonds. The minimum absolute atomic E-state index is 0.252. The number of hydrogen-bond acceptors (Lipinski definition) is 5. The lowest BCUT2D eigenvalue weighted by Crippen LogP contribution is -2.26. The predicted octanol–water partition coefficient (Wildman–Crippen LogP) is 1.19. The zero-order valence-corrected chi connectivity index (χ0v) is 9.94. The molecule has 5 nitrogen and oxygen atoms in total. The van der Waals surface area contributed by atoms with E-state index in [9.17, 15) is 0 Å². The van der Waals surface area contributed by atoms with E-state index in [4.69, 9.17) is 22.1 Å². The van der Waals surface area contributed by atoms with Crippen LogP contribution in [0.1, 0.15) is 12.8 Å². The fourth-order valence-corrected chi connectivity index (χ4v) is 1.60. The molecule has 1 aliphatic rings. The largest absolute Gasteiger partial charge is 0.475 e. The number of ether oxygens (including phenoxy) is 1. The van der Waals surface area contributed by atoms with Crippen LogP contribution in [0.2, 0.25) is 5.02 Å². The van der Waals surface area contributed by atoms with E-state index >= 15 is 0 Å². The smallest absolute Gasteiger partial charge is 0.237 e. The Morgan fingerprint density at radius 2 is 2.31 bits per heavy atom. The van der Waals surface area contributed by atoms with E-state index in [1.54, 1.807) is 0 Å². The number of hydrogen-bond donors (Lipinski definition) is 1. The van der Waals surface area contributed by atoms with E-state index in [0.717, 1.165) is 12.6 Å².